The van der Waals surface area contributed by atoms with Gasteiger partial charge in [-0.05, 0) is 37.3 Å². The lowest BCUT2D eigenvalue weighted by Gasteiger charge is -2.20. The number of nitrogens with one attached hydrogen (secondary N) is 2. The Bertz CT molecular complexity index is 969. The number of fused-ring (bicyclic) bond motifs is 1. The fourth-order valence-corrected chi connectivity index (χ4v) is 2.80. The van der Waals surface area contributed by atoms with Crippen LogP contribution in [0.5, 0.6) is 0 Å². The molecule has 0 saturated heterocycles. The molecule has 0 radical (unpaired) electrons. The van der Waals surface area contributed by atoms with Gasteiger partial charge in [0.1, 0.15) is 5.39 Å². The Morgan fingerprint density at radius 3 is 2.31 bits per heavy atom. The van der Waals surface area contributed by atoms with Crippen molar-refractivity contribution in [3.05, 3.63) is 51.9 Å². The van der Waals surface area contributed by atoms with Crippen LogP contribution in [0.2, 0.25) is 0 Å². The van der Waals surface area contributed by atoms with Crippen LogP contribution in [0.25, 0.3) is 11.0 Å². The van der Waals surface area contributed by atoms with Crippen molar-refractivity contribution in [2.75, 3.05) is 5.32 Å². The molecule has 0 spiro atoms. The minimum Gasteiger partial charge on any atom is -0.352 e. The van der Waals surface area contributed by atoms with Crippen LogP contribution in [0.4, 0.5) is 5.95 Å². The van der Waals surface area contributed by atoms with E-state index in [0.717, 1.165) is 5.56 Å². The molecule has 6 heteroatoms. The standard InChI is InChI=1S/C20H27N5O/c1-19(2,3)14-9-7-13(8-10-14)11-21-18-23-16-15(17(26)24-18)12-22-25(16)20(4,5)6/h7-10,12H,11H2,1-6H3,(H2,21,23,24,26). The van der Waals surface area contributed by atoms with E-state index in [1.807, 2.05) is 20.8 Å². The van der Waals surface area contributed by atoms with Crippen molar-refractivity contribution in [1.29, 1.82) is 0 Å². The maximum Gasteiger partial charge on any atom is 0.263 e. The van der Waals surface area contributed by atoms with Crippen molar-refractivity contribution in [3.63, 3.8) is 0 Å². The summed E-state index contributed by atoms with van der Waals surface area (Å²) in [6.07, 6.45) is 1.57. The van der Waals surface area contributed by atoms with E-state index in [0.29, 0.717) is 23.5 Å². The maximum absolute atomic E-state index is 12.3. The summed E-state index contributed by atoms with van der Waals surface area (Å²) in [5, 5.41) is 8.04. The van der Waals surface area contributed by atoms with Crippen molar-refractivity contribution in [2.45, 2.75) is 59.0 Å². The molecule has 0 unspecified atom stereocenters. The van der Waals surface area contributed by atoms with Gasteiger partial charge in [0, 0.05) is 6.54 Å². The van der Waals surface area contributed by atoms with Gasteiger partial charge in [0.25, 0.3) is 5.56 Å². The van der Waals surface area contributed by atoms with Gasteiger partial charge >= 0.3 is 0 Å². The van der Waals surface area contributed by atoms with E-state index in [4.69, 9.17) is 0 Å². The normalized spacial score (nSPS) is 12.5. The fraction of sp³-hybridized carbons (Fsp3) is 0.450. The number of benzene rings is 1. The van der Waals surface area contributed by atoms with E-state index in [-0.39, 0.29) is 16.5 Å². The molecule has 0 fully saturated rings. The van der Waals surface area contributed by atoms with Crippen molar-refractivity contribution in [3.8, 4) is 0 Å². The highest BCUT2D eigenvalue weighted by Gasteiger charge is 2.20. The number of rotatable bonds is 3. The quantitative estimate of drug-likeness (QED) is 0.751. The third kappa shape index (κ3) is 3.64. The molecule has 138 valence electrons. The largest absolute Gasteiger partial charge is 0.352 e. The number of H-pyrrole nitrogens is 1. The predicted octanol–water partition coefficient (Wildman–Crippen LogP) is 3.78. The van der Waals surface area contributed by atoms with E-state index in [2.05, 4.69) is 65.4 Å². The predicted molar refractivity (Wildman–Crippen MR) is 106 cm³/mol. The summed E-state index contributed by atoms with van der Waals surface area (Å²) in [5.74, 6) is 0.452. The van der Waals surface area contributed by atoms with Crippen LogP contribution in [0.3, 0.4) is 0 Å². The minimum atomic E-state index is -0.247. The molecule has 2 N–H and O–H groups in total. The molecular weight excluding hydrogens is 326 g/mol. The van der Waals surface area contributed by atoms with Gasteiger partial charge in [-0.3, -0.25) is 9.78 Å². The van der Waals surface area contributed by atoms with Gasteiger partial charge in [-0.15, -0.1) is 0 Å². The van der Waals surface area contributed by atoms with E-state index in [1.54, 1.807) is 10.9 Å². The number of aromatic amines is 1. The summed E-state index contributed by atoms with van der Waals surface area (Å²) in [6.45, 7) is 13.3. The molecule has 0 aliphatic heterocycles. The average molecular weight is 353 g/mol. The second-order valence-corrected chi connectivity index (χ2v) is 8.68. The molecule has 0 aliphatic rings. The molecule has 3 aromatic rings. The van der Waals surface area contributed by atoms with Gasteiger partial charge in [0.05, 0.1) is 11.7 Å². The zero-order valence-corrected chi connectivity index (χ0v) is 16.3. The van der Waals surface area contributed by atoms with Crippen LogP contribution >= 0.6 is 0 Å². The molecule has 2 aromatic heterocycles. The van der Waals surface area contributed by atoms with Crippen LogP contribution < -0.4 is 10.9 Å². The average Bonchev–Trinajstić information content (AvgIpc) is 2.97. The molecule has 1 aromatic carbocycles. The molecule has 6 nitrogen and oxygen atoms in total. The lowest BCUT2D eigenvalue weighted by Crippen LogP contribution is -2.24. The Kier molecular flexibility index (Phi) is 4.38. The van der Waals surface area contributed by atoms with E-state index < -0.39 is 0 Å². The molecule has 26 heavy (non-hydrogen) atoms. The van der Waals surface area contributed by atoms with Crippen molar-refractivity contribution >= 4 is 17.0 Å². The van der Waals surface area contributed by atoms with Gasteiger partial charge in [0.2, 0.25) is 5.95 Å². The summed E-state index contributed by atoms with van der Waals surface area (Å²) in [4.78, 5) is 19.7. The van der Waals surface area contributed by atoms with Crippen LogP contribution in [-0.4, -0.2) is 19.7 Å². The van der Waals surface area contributed by atoms with Gasteiger partial charge in [-0.2, -0.15) is 10.1 Å². The molecule has 3 rings (SSSR count). The molecule has 0 saturated carbocycles. The third-order valence-electron chi connectivity index (χ3n) is 4.35. The first kappa shape index (κ1) is 18.2. The number of hydrogen-bond donors (Lipinski definition) is 2. The summed E-state index contributed by atoms with van der Waals surface area (Å²) >= 11 is 0. The Morgan fingerprint density at radius 2 is 1.73 bits per heavy atom. The van der Waals surface area contributed by atoms with Crippen molar-refractivity contribution in [2.24, 2.45) is 0 Å². The molecule has 0 bridgehead atoms. The van der Waals surface area contributed by atoms with Gasteiger partial charge in [-0.1, -0.05) is 45.0 Å². The summed E-state index contributed by atoms with van der Waals surface area (Å²) in [6, 6.07) is 8.49. The minimum absolute atomic E-state index is 0.134. The zero-order valence-electron chi connectivity index (χ0n) is 16.3. The highest BCUT2D eigenvalue weighted by molar-refractivity contribution is 5.74. The van der Waals surface area contributed by atoms with Crippen LogP contribution in [0, 0.1) is 0 Å². The Labute approximate surface area is 153 Å². The van der Waals surface area contributed by atoms with Crippen LogP contribution in [-0.2, 0) is 17.5 Å². The summed E-state index contributed by atoms with van der Waals surface area (Å²) in [5.41, 5.74) is 2.72. The number of anilines is 1. The topological polar surface area (TPSA) is 75.6 Å². The second kappa shape index (κ2) is 6.27. The first-order chi connectivity index (χ1) is 12.1. The first-order valence-electron chi connectivity index (χ1n) is 8.87. The monoisotopic (exact) mass is 353 g/mol. The van der Waals surface area contributed by atoms with Crippen molar-refractivity contribution in [1.82, 2.24) is 19.7 Å². The highest BCUT2D eigenvalue weighted by Crippen LogP contribution is 2.22. The van der Waals surface area contributed by atoms with E-state index >= 15 is 0 Å². The van der Waals surface area contributed by atoms with E-state index in [9.17, 15) is 4.79 Å². The maximum atomic E-state index is 12.3. The highest BCUT2D eigenvalue weighted by atomic mass is 16.1. The third-order valence-corrected chi connectivity index (χ3v) is 4.35. The fourth-order valence-electron chi connectivity index (χ4n) is 2.80. The van der Waals surface area contributed by atoms with Gasteiger partial charge < -0.3 is 5.32 Å². The van der Waals surface area contributed by atoms with E-state index in [1.165, 1.54) is 5.56 Å². The van der Waals surface area contributed by atoms with Gasteiger partial charge in [-0.25, -0.2) is 4.68 Å². The molecule has 0 atom stereocenters. The Balaban J connectivity index is 1.84. The Morgan fingerprint density at radius 1 is 1.08 bits per heavy atom. The van der Waals surface area contributed by atoms with Crippen molar-refractivity contribution < 1.29 is 0 Å². The number of hydrogen-bond acceptors (Lipinski definition) is 4. The number of nitrogens with zero attached hydrogens (tertiary/aromatic N) is 3. The summed E-state index contributed by atoms with van der Waals surface area (Å²) in [7, 11) is 0. The van der Waals surface area contributed by atoms with Gasteiger partial charge in [0.15, 0.2) is 5.65 Å². The van der Waals surface area contributed by atoms with Crippen LogP contribution in [0.1, 0.15) is 52.7 Å². The molecular formula is C20H27N5O. The SMILES string of the molecule is CC(C)(C)c1ccc(CNc2nc3c(cnn3C(C)(C)C)c(=O)[nH]2)cc1. The summed E-state index contributed by atoms with van der Waals surface area (Å²) < 4.78 is 1.78. The second-order valence-electron chi connectivity index (χ2n) is 8.68. The molecule has 0 aliphatic carbocycles. The first-order valence-corrected chi connectivity index (χ1v) is 8.87. The Hall–Kier alpha value is -2.63. The number of aromatic nitrogens is 4. The van der Waals surface area contributed by atoms with Crippen LogP contribution in [0.15, 0.2) is 35.3 Å². The molecule has 0 amide bonds. The zero-order chi connectivity index (χ0) is 19.1. The molecule has 2 heterocycles. The lowest BCUT2D eigenvalue weighted by molar-refractivity contribution is 0.366. The smallest absolute Gasteiger partial charge is 0.263 e. The lowest BCUT2D eigenvalue weighted by atomic mass is 9.87.